The van der Waals surface area contributed by atoms with Crippen LogP contribution in [0.1, 0.15) is 26.3 Å². The number of ether oxygens (including phenoxy) is 3. The van der Waals surface area contributed by atoms with Gasteiger partial charge in [0.1, 0.15) is 17.2 Å². The molecule has 3 heterocycles. The van der Waals surface area contributed by atoms with Crippen molar-refractivity contribution >= 4 is 35.1 Å². The van der Waals surface area contributed by atoms with Gasteiger partial charge in [-0.2, -0.15) is 0 Å². The van der Waals surface area contributed by atoms with Gasteiger partial charge in [0.15, 0.2) is 0 Å². The largest absolute Gasteiger partial charge is 0.444 e. The number of methoxy groups -OCH3 is 1. The molecular weight excluding hydrogens is 515 g/mol. The molecule has 0 spiro atoms. The summed E-state index contributed by atoms with van der Waals surface area (Å²) in [7, 11) is 1.63. The molecule has 196 valence electrons. The average molecular weight is 545 g/mol. The van der Waals surface area contributed by atoms with Gasteiger partial charge in [-0.3, -0.25) is 0 Å². The third kappa shape index (κ3) is 7.47. The van der Waals surface area contributed by atoms with Crippen LogP contribution in [0.25, 0.3) is 11.3 Å². The van der Waals surface area contributed by atoms with Gasteiger partial charge in [0, 0.05) is 55.0 Å². The van der Waals surface area contributed by atoms with E-state index in [0.717, 1.165) is 16.9 Å². The zero-order chi connectivity index (χ0) is 26.6. The number of halogens is 2. The van der Waals surface area contributed by atoms with Crippen molar-refractivity contribution in [2.24, 2.45) is 0 Å². The molecule has 10 heteroatoms. The van der Waals surface area contributed by atoms with Gasteiger partial charge < -0.3 is 24.0 Å². The molecule has 0 unspecified atom stereocenters. The van der Waals surface area contributed by atoms with E-state index in [1.54, 1.807) is 36.4 Å². The molecule has 1 aliphatic rings. The van der Waals surface area contributed by atoms with Crippen molar-refractivity contribution in [3.8, 4) is 22.9 Å². The third-order valence-corrected chi connectivity index (χ3v) is 5.97. The topological polar surface area (TPSA) is 77.0 Å². The Kier molecular flexibility index (Phi) is 8.42. The van der Waals surface area contributed by atoms with Crippen LogP contribution in [0.15, 0.2) is 48.7 Å². The van der Waals surface area contributed by atoms with Gasteiger partial charge in [-0.1, -0.05) is 23.2 Å². The Labute approximate surface area is 227 Å². The molecule has 8 nitrogen and oxygen atoms in total. The highest BCUT2D eigenvalue weighted by atomic mass is 35.5. The number of pyridine rings is 2. The second-order valence-corrected chi connectivity index (χ2v) is 10.6. The van der Waals surface area contributed by atoms with E-state index in [1.807, 2.05) is 45.0 Å². The summed E-state index contributed by atoms with van der Waals surface area (Å²) >= 11 is 12.4. The number of hydrogen-bond acceptors (Lipinski definition) is 7. The Balaban J connectivity index is 1.44. The van der Waals surface area contributed by atoms with Crippen LogP contribution in [0.3, 0.4) is 0 Å². The Morgan fingerprint density at radius 2 is 1.70 bits per heavy atom. The van der Waals surface area contributed by atoms with Gasteiger partial charge in [0.2, 0.25) is 5.88 Å². The summed E-state index contributed by atoms with van der Waals surface area (Å²) in [4.78, 5) is 25.4. The number of amides is 1. The number of piperazine rings is 1. The first kappa shape index (κ1) is 27.0. The molecule has 1 aliphatic heterocycles. The van der Waals surface area contributed by atoms with Crippen LogP contribution >= 0.6 is 23.2 Å². The molecule has 1 fully saturated rings. The van der Waals surface area contributed by atoms with Crippen molar-refractivity contribution in [3.63, 3.8) is 0 Å². The van der Waals surface area contributed by atoms with Crippen LogP contribution in [0.5, 0.6) is 11.6 Å². The molecule has 1 amide bonds. The number of hydrogen-bond donors (Lipinski definition) is 0. The molecule has 0 saturated carbocycles. The van der Waals surface area contributed by atoms with Crippen molar-refractivity contribution in [3.05, 3.63) is 64.3 Å². The molecule has 0 N–H and O–H groups in total. The van der Waals surface area contributed by atoms with E-state index in [2.05, 4.69) is 14.9 Å². The minimum atomic E-state index is -0.508. The Bertz CT molecular complexity index is 1220. The maximum atomic E-state index is 12.3. The number of carbonyl (C=O) groups excluding carboxylic acids is 1. The van der Waals surface area contributed by atoms with Crippen molar-refractivity contribution in [1.82, 2.24) is 14.9 Å². The normalized spacial score (nSPS) is 14.0. The van der Waals surface area contributed by atoms with Crippen molar-refractivity contribution in [2.75, 3.05) is 38.2 Å². The average Bonchev–Trinajstić information content (AvgIpc) is 2.83. The van der Waals surface area contributed by atoms with Crippen LogP contribution < -0.4 is 9.64 Å². The van der Waals surface area contributed by atoms with Crippen LogP contribution in [-0.4, -0.2) is 59.9 Å². The lowest BCUT2D eigenvalue weighted by molar-refractivity contribution is 0.0240. The molecule has 37 heavy (non-hydrogen) atoms. The van der Waals surface area contributed by atoms with Crippen LogP contribution in [0.4, 0.5) is 10.6 Å². The van der Waals surface area contributed by atoms with E-state index in [9.17, 15) is 4.79 Å². The fourth-order valence-electron chi connectivity index (χ4n) is 3.90. The summed E-state index contributed by atoms with van der Waals surface area (Å²) in [5.74, 6) is 1.76. The zero-order valence-electron chi connectivity index (χ0n) is 21.3. The van der Waals surface area contributed by atoms with E-state index in [4.69, 9.17) is 37.4 Å². The summed E-state index contributed by atoms with van der Waals surface area (Å²) in [6, 6.07) is 12.8. The molecule has 1 saturated heterocycles. The minimum Gasteiger partial charge on any atom is -0.444 e. The number of anilines is 1. The minimum absolute atomic E-state index is 0.286. The summed E-state index contributed by atoms with van der Waals surface area (Å²) in [6.45, 7) is 8.47. The Hall–Kier alpha value is -3.07. The van der Waals surface area contributed by atoms with Crippen LogP contribution in [0, 0.1) is 0 Å². The molecule has 0 atom stereocenters. The van der Waals surface area contributed by atoms with Gasteiger partial charge in [-0.15, -0.1) is 0 Å². The van der Waals surface area contributed by atoms with E-state index < -0.39 is 5.60 Å². The second-order valence-electron chi connectivity index (χ2n) is 9.70. The number of carbonyl (C=O) groups is 1. The molecule has 0 radical (unpaired) electrons. The van der Waals surface area contributed by atoms with Gasteiger partial charge in [-0.25, -0.2) is 14.8 Å². The van der Waals surface area contributed by atoms with E-state index in [1.165, 1.54) is 0 Å². The summed E-state index contributed by atoms with van der Waals surface area (Å²) in [5.41, 5.74) is 1.83. The quantitative estimate of drug-likeness (QED) is 0.353. The SMILES string of the molecule is COCc1cc(Oc2ccc(N3CCN(C(=O)OC(C)(C)C)CC3)nc2)nc(-c2cc(Cl)cc(Cl)c2)c1. The Morgan fingerprint density at radius 3 is 2.30 bits per heavy atom. The maximum Gasteiger partial charge on any atom is 0.410 e. The summed E-state index contributed by atoms with van der Waals surface area (Å²) in [6.07, 6.45) is 1.38. The lowest BCUT2D eigenvalue weighted by Crippen LogP contribution is -2.50. The molecule has 0 aliphatic carbocycles. The molecular formula is C27H30Cl2N4O4. The van der Waals surface area contributed by atoms with E-state index >= 15 is 0 Å². The standard InChI is InChI=1S/C27H30Cl2N4O4/c1-27(2,3)37-26(34)33-9-7-32(8-10-33)24-6-5-22(16-30-24)36-25-12-18(17-35-4)11-23(31-25)19-13-20(28)15-21(29)14-19/h5-6,11-16H,7-10,17H2,1-4H3. The van der Waals surface area contributed by atoms with E-state index in [0.29, 0.717) is 60.2 Å². The monoisotopic (exact) mass is 544 g/mol. The summed E-state index contributed by atoms with van der Waals surface area (Å²) < 4.78 is 16.8. The molecule has 4 rings (SSSR count). The summed E-state index contributed by atoms with van der Waals surface area (Å²) in [5, 5.41) is 1.05. The van der Waals surface area contributed by atoms with Crippen molar-refractivity contribution in [1.29, 1.82) is 0 Å². The third-order valence-electron chi connectivity index (χ3n) is 5.53. The number of benzene rings is 1. The Morgan fingerprint density at radius 1 is 1.00 bits per heavy atom. The first-order chi connectivity index (χ1) is 17.6. The maximum absolute atomic E-state index is 12.3. The number of aromatic nitrogens is 2. The van der Waals surface area contributed by atoms with Gasteiger partial charge in [-0.05, 0) is 62.7 Å². The first-order valence-corrected chi connectivity index (χ1v) is 12.7. The lowest BCUT2D eigenvalue weighted by Gasteiger charge is -2.36. The molecule has 0 bridgehead atoms. The zero-order valence-corrected chi connectivity index (χ0v) is 22.8. The van der Waals surface area contributed by atoms with Crippen molar-refractivity contribution in [2.45, 2.75) is 33.0 Å². The fraction of sp³-hybridized carbons (Fsp3) is 0.370. The highest BCUT2D eigenvalue weighted by molar-refractivity contribution is 6.35. The predicted molar refractivity (Wildman–Crippen MR) is 145 cm³/mol. The molecule has 1 aromatic carbocycles. The second kappa shape index (κ2) is 11.5. The van der Waals surface area contributed by atoms with Gasteiger partial charge in [0.05, 0.1) is 18.5 Å². The number of rotatable bonds is 6. The van der Waals surface area contributed by atoms with Crippen molar-refractivity contribution < 1.29 is 19.0 Å². The predicted octanol–water partition coefficient (Wildman–Crippen LogP) is 6.45. The van der Waals surface area contributed by atoms with E-state index in [-0.39, 0.29) is 6.09 Å². The van der Waals surface area contributed by atoms with Gasteiger partial charge in [0.25, 0.3) is 0 Å². The molecule has 3 aromatic rings. The lowest BCUT2D eigenvalue weighted by atomic mass is 10.1. The molecule has 2 aromatic heterocycles. The van der Waals surface area contributed by atoms with Gasteiger partial charge >= 0.3 is 6.09 Å². The van der Waals surface area contributed by atoms with Crippen LogP contribution in [-0.2, 0) is 16.1 Å². The van der Waals surface area contributed by atoms with Crippen LogP contribution in [0.2, 0.25) is 10.0 Å². The first-order valence-electron chi connectivity index (χ1n) is 11.9. The smallest absolute Gasteiger partial charge is 0.410 e. The number of nitrogens with zero attached hydrogens (tertiary/aromatic N) is 4. The highest BCUT2D eigenvalue weighted by Gasteiger charge is 2.26. The highest BCUT2D eigenvalue weighted by Crippen LogP contribution is 2.30. The fourth-order valence-corrected chi connectivity index (χ4v) is 4.42.